The molecule has 2 aromatic rings. The summed E-state index contributed by atoms with van der Waals surface area (Å²) in [6, 6.07) is 10.5. The number of carbonyl (C=O) groups is 1. The van der Waals surface area contributed by atoms with Gasteiger partial charge in [0.05, 0.1) is 4.90 Å². The first-order valence-electron chi connectivity index (χ1n) is 6.11. The maximum atomic E-state index is 12.2. The summed E-state index contributed by atoms with van der Waals surface area (Å²) in [6.07, 6.45) is 4.83. The van der Waals surface area contributed by atoms with Crippen molar-refractivity contribution in [3.8, 4) is 12.3 Å². The summed E-state index contributed by atoms with van der Waals surface area (Å²) in [5.74, 6) is 0.837. The third-order valence-corrected chi connectivity index (χ3v) is 4.42. The fourth-order valence-electron chi connectivity index (χ4n) is 1.89. The lowest BCUT2D eigenvalue weighted by atomic mass is 10.1. The van der Waals surface area contributed by atoms with Crippen LogP contribution in [0.15, 0.2) is 47.4 Å². The second-order valence-corrected chi connectivity index (χ2v) is 6.14. The molecule has 2 N–H and O–H groups in total. The Morgan fingerprint density at radius 1 is 1.24 bits per heavy atom. The summed E-state index contributed by atoms with van der Waals surface area (Å²) >= 11 is 0. The van der Waals surface area contributed by atoms with Crippen molar-refractivity contribution in [3.05, 3.63) is 42.5 Å². The minimum Gasteiger partial charge on any atom is -0.480 e. The lowest BCUT2D eigenvalue weighted by molar-refractivity contribution is -0.138. The number of terminal acetylenes is 1. The Kier molecular flexibility index (Phi) is 4.26. The first-order valence-corrected chi connectivity index (χ1v) is 7.60. The molecule has 0 aromatic heterocycles. The number of aliphatic carboxylic acids is 1. The van der Waals surface area contributed by atoms with Gasteiger partial charge in [-0.3, -0.25) is 4.79 Å². The number of carboxylic acids is 1. The van der Waals surface area contributed by atoms with Gasteiger partial charge in [0, 0.05) is 6.42 Å². The topological polar surface area (TPSA) is 83.5 Å². The number of rotatable bonds is 5. The van der Waals surface area contributed by atoms with E-state index in [0.717, 1.165) is 10.8 Å². The summed E-state index contributed by atoms with van der Waals surface area (Å²) < 4.78 is 26.5. The number of hydrogen-bond donors (Lipinski definition) is 2. The highest BCUT2D eigenvalue weighted by Gasteiger charge is 2.24. The maximum absolute atomic E-state index is 12.2. The molecule has 0 radical (unpaired) electrons. The van der Waals surface area contributed by atoms with Crippen molar-refractivity contribution < 1.29 is 18.3 Å². The Bertz CT molecular complexity index is 821. The SMILES string of the molecule is C#CCC(NS(=O)(=O)c1ccc2ccccc2c1)C(=O)O. The number of carboxylic acid groups (broad SMARTS) is 1. The van der Waals surface area contributed by atoms with Crippen molar-refractivity contribution in [3.63, 3.8) is 0 Å². The van der Waals surface area contributed by atoms with Gasteiger partial charge < -0.3 is 5.11 Å². The predicted molar refractivity (Wildman–Crippen MR) is 79.1 cm³/mol. The van der Waals surface area contributed by atoms with Gasteiger partial charge in [-0.2, -0.15) is 4.72 Å². The highest BCUT2D eigenvalue weighted by Crippen LogP contribution is 2.19. The molecule has 0 aliphatic carbocycles. The summed E-state index contributed by atoms with van der Waals surface area (Å²) in [4.78, 5) is 11.0. The number of fused-ring (bicyclic) bond motifs is 1. The van der Waals surface area contributed by atoms with Gasteiger partial charge in [0.1, 0.15) is 6.04 Å². The number of nitrogens with one attached hydrogen (secondary N) is 1. The highest BCUT2D eigenvalue weighted by atomic mass is 32.2. The second-order valence-electron chi connectivity index (χ2n) is 4.43. The Balaban J connectivity index is 2.37. The van der Waals surface area contributed by atoms with Crippen molar-refractivity contribution in [2.24, 2.45) is 0 Å². The molecular formula is C15H13NO4S. The molecule has 1 atom stereocenters. The second kappa shape index (κ2) is 5.95. The Hall–Kier alpha value is -2.36. The number of sulfonamides is 1. The van der Waals surface area contributed by atoms with Crippen molar-refractivity contribution in [1.82, 2.24) is 4.72 Å². The normalized spacial score (nSPS) is 12.7. The molecular weight excluding hydrogens is 290 g/mol. The van der Waals surface area contributed by atoms with Crippen LogP contribution < -0.4 is 4.72 Å². The largest absolute Gasteiger partial charge is 0.480 e. The van der Waals surface area contributed by atoms with Gasteiger partial charge in [-0.15, -0.1) is 12.3 Å². The molecule has 0 heterocycles. The van der Waals surface area contributed by atoms with Crippen LogP contribution in [0.3, 0.4) is 0 Å². The van der Waals surface area contributed by atoms with E-state index in [4.69, 9.17) is 11.5 Å². The average molecular weight is 303 g/mol. The number of benzene rings is 2. The van der Waals surface area contributed by atoms with Crippen molar-refractivity contribution in [2.75, 3.05) is 0 Å². The van der Waals surface area contributed by atoms with Gasteiger partial charge >= 0.3 is 5.97 Å². The number of hydrogen-bond acceptors (Lipinski definition) is 3. The zero-order valence-electron chi connectivity index (χ0n) is 11.0. The van der Waals surface area contributed by atoms with Gasteiger partial charge in [-0.25, -0.2) is 8.42 Å². The van der Waals surface area contributed by atoms with Crippen LogP contribution in [0.5, 0.6) is 0 Å². The first kappa shape index (κ1) is 15.0. The lowest BCUT2D eigenvalue weighted by Crippen LogP contribution is -2.40. The van der Waals surface area contributed by atoms with E-state index in [1.807, 2.05) is 12.1 Å². The minimum atomic E-state index is -3.94. The monoisotopic (exact) mass is 303 g/mol. The summed E-state index contributed by atoms with van der Waals surface area (Å²) in [6.45, 7) is 0. The van der Waals surface area contributed by atoms with Crippen LogP contribution in [0.2, 0.25) is 0 Å². The van der Waals surface area contributed by atoms with Gasteiger partial charge in [0.25, 0.3) is 0 Å². The summed E-state index contributed by atoms with van der Waals surface area (Å²) in [7, 11) is -3.94. The van der Waals surface area contributed by atoms with Crippen molar-refractivity contribution >= 4 is 26.8 Å². The van der Waals surface area contributed by atoms with E-state index in [9.17, 15) is 13.2 Å². The molecule has 0 aliphatic heterocycles. The van der Waals surface area contributed by atoms with E-state index in [-0.39, 0.29) is 11.3 Å². The molecule has 2 aromatic carbocycles. The molecule has 1 unspecified atom stereocenters. The fourth-order valence-corrected chi connectivity index (χ4v) is 3.11. The third kappa shape index (κ3) is 3.40. The minimum absolute atomic E-state index is 0.00414. The molecule has 6 heteroatoms. The molecule has 0 spiro atoms. The molecule has 0 aliphatic rings. The zero-order valence-corrected chi connectivity index (χ0v) is 11.8. The van der Waals surface area contributed by atoms with Crippen LogP contribution >= 0.6 is 0 Å². The van der Waals surface area contributed by atoms with E-state index in [1.54, 1.807) is 18.2 Å². The molecule has 0 fully saturated rings. The molecule has 0 amide bonds. The van der Waals surface area contributed by atoms with Crippen LogP contribution in [0.4, 0.5) is 0 Å². The maximum Gasteiger partial charge on any atom is 0.322 e. The quantitative estimate of drug-likeness (QED) is 0.822. The Morgan fingerprint density at radius 3 is 2.52 bits per heavy atom. The van der Waals surface area contributed by atoms with E-state index in [0.29, 0.717) is 0 Å². The van der Waals surface area contributed by atoms with Crippen LogP contribution in [-0.2, 0) is 14.8 Å². The molecule has 5 nitrogen and oxygen atoms in total. The van der Waals surface area contributed by atoms with E-state index in [2.05, 4.69) is 10.6 Å². The summed E-state index contributed by atoms with van der Waals surface area (Å²) in [5.41, 5.74) is 0. The standard InChI is InChI=1S/C15H13NO4S/c1-2-5-14(15(17)18)16-21(19,20)13-9-8-11-6-3-4-7-12(11)10-13/h1,3-4,6-10,14,16H,5H2,(H,17,18). The average Bonchev–Trinajstić information content (AvgIpc) is 2.46. The van der Waals surface area contributed by atoms with Crippen molar-refractivity contribution in [2.45, 2.75) is 17.4 Å². The van der Waals surface area contributed by atoms with E-state index < -0.39 is 22.0 Å². The van der Waals surface area contributed by atoms with Crippen LogP contribution in [-0.4, -0.2) is 25.5 Å². The third-order valence-electron chi connectivity index (χ3n) is 2.95. The van der Waals surface area contributed by atoms with Crippen LogP contribution in [0, 0.1) is 12.3 Å². The molecule has 0 saturated carbocycles. The molecule has 0 bridgehead atoms. The highest BCUT2D eigenvalue weighted by molar-refractivity contribution is 7.89. The van der Waals surface area contributed by atoms with E-state index in [1.165, 1.54) is 12.1 Å². The molecule has 0 saturated heterocycles. The van der Waals surface area contributed by atoms with Crippen molar-refractivity contribution in [1.29, 1.82) is 0 Å². The molecule has 2 rings (SSSR count). The van der Waals surface area contributed by atoms with Gasteiger partial charge in [-0.05, 0) is 22.9 Å². The molecule has 21 heavy (non-hydrogen) atoms. The van der Waals surface area contributed by atoms with Gasteiger partial charge in [0.2, 0.25) is 10.0 Å². The van der Waals surface area contributed by atoms with Crippen LogP contribution in [0.1, 0.15) is 6.42 Å². The van der Waals surface area contributed by atoms with Crippen LogP contribution in [0.25, 0.3) is 10.8 Å². The zero-order chi connectivity index (χ0) is 15.5. The summed E-state index contributed by atoms with van der Waals surface area (Å²) in [5, 5.41) is 10.6. The molecule has 108 valence electrons. The predicted octanol–water partition coefficient (Wildman–Crippen LogP) is 1.59. The smallest absolute Gasteiger partial charge is 0.322 e. The Labute approximate surface area is 122 Å². The fraction of sp³-hybridized carbons (Fsp3) is 0.133. The Morgan fingerprint density at radius 2 is 1.90 bits per heavy atom. The van der Waals surface area contributed by atoms with E-state index >= 15 is 0 Å². The first-order chi connectivity index (χ1) is 9.94. The van der Waals surface area contributed by atoms with Gasteiger partial charge in [0.15, 0.2) is 0 Å². The lowest BCUT2D eigenvalue weighted by Gasteiger charge is -2.12. The van der Waals surface area contributed by atoms with Gasteiger partial charge in [-0.1, -0.05) is 30.3 Å².